The molecule has 0 saturated heterocycles. The summed E-state index contributed by atoms with van der Waals surface area (Å²) < 4.78 is 20.1. The number of methoxy groups -OCH3 is 1. The molecule has 0 aliphatic rings. The van der Waals surface area contributed by atoms with E-state index in [2.05, 4.69) is 20.9 Å². The van der Waals surface area contributed by atoms with Crippen LogP contribution >= 0.6 is 15.9 Å². The van der Waals surface area contributed by atoms with Gasteiger partial charge in [-0.3, -0.25) is 14.3 Å². The monoisotopic (exact) mass is 328 g/mol. The summed E-state index contributed by atoms with van der Waals surface area (Å²) in [7, 11) is 1.44. The van der Waals surface area contributed by atoms with Gasteiger partial charge in [-0.25, -0.2) is 9.18 Å². The molecule has 0 radical (unpaired) electrons. The van der Waals surface area contributed by atoms with Crippen molar-refractivity contribution in [2.24, 2.45) is 0 Å². The maximum atomic E-state index is 13.8. The standard InChI is InChI=1S/C12H10BrFN2O3/c1-19-8-3-2-7(10(14)4-8)5-16-6-9(13)11(17)15-12(16)18/h2-4,6H,5H2,1H3,(H,15,17,18). The predicted molar refractivity (Wildman–Crippen MR) is 71.1 cm³/mol. The Hall–Kier alpha value is -1.89. The summed E-state index contributed by atoms with van der Waals surface area (Å²) in [6.07, 6.45) is 1.32. The van der Waals surface area contributed by atoms with Gasteiger partial charge in [0.25, 0.3) is 5.56 Å². The van der Waals surface area contributed by atoms with E-state index in [1.807, 2.05) is 0 Å². The van der Waals surface area contributed by atoms with Crippen LogP contribution in [0.15, 0.2) is 38.5 Å². The fraction of sp³-hybridized carbons (Fsp3) is 0.167. The van der Waals surface area contributed by atoms with E-state index in [9.17, 15) is 14.0 Å². The van der Waals surface area contributed by atoms with Crippen LogP contribution in [0.1, 0.15) is 5.56 Å². The summed E-state index contributed by atoms with van der Waals surface area (Å²) in [6, 6.07) is 4.37. The third-order valence-corrected chi connectivity index (χ3v) is 3.13. The zero-order chi connectivity index (χ0) is 14.0. The molecule has 7 heteroatoms. The Labute approximate surface area is 115 Å². The summed E-state index contributed by atoms with van der Waals surface area (Å²) in [4.78, 5) is 24.9. The number of aromatic amines is 1. The van der Waals surface area contributed by atoms with E-state index < -0.39 is 17.1 Å². The minimum absolute atomic E-state index is 0.0179. The molecule has 19 heavy (non-hydrogen) atoms. The van der Waals surface area contributed by atoms with Crippen molar-refractivity contribution in [3.63, 3.8) is 0 Å². The van der Waals surface area contributed by atoms with Crippen molar-refractivity contribution in [1.82, 2.24) is 9.55 Å². The molecule has 0 unspecified atom stereocenters. The summed E-state index contributed by atoms with van der Waals surface area (Å²) in [5, 5.41) is 0. The zero-order valence-electron chi connectivity index (χ0n) is 9.94. The van der Waals surface area contributed by atoms with Gasteiger partial charge in [0, 0.05) is 17.8 Å². The van der Waals surface area contributed by atoms with E-state index in [1.165, 1.54) is 30.0 Å². The van der Waals surface area contributed by atoms with E-state index >= 15 is 0 Å². The Morgan fingerprint density at radius 2 is 2.16 bits per heavy atom. The number of aromatic nitrogens is 2. The number of ether oxygens (including phenoxy) is 1. The molecule has 5 nitrogen and oxygen atoms in total. The third kappa shape index (κ3) is 2.93. The third-order valence-electron chi connectivity index (χ3n) is 2.57. The van der Waals surface area contributed by atoms with Gasteiger partial charge in [0.15, 0.2) is 0 Å². The quantitative estimate of drug-likeness (QED) is 0.928. The summed E-state index contributed by atoms with van der Waals surface area (Å²) in [5.41, 5.74) is -0.790. The van der Waals surface area contributed by atoms with Crippen molar-refractivity contribution < 1.29 is 9.13 Å². The van der Waals surface area contributed by atoms with Gasteiger partial charge < -0.3 is 4.74 Å². The maximum absolute atomic E-state index is 13.8. The van der Waals surface area contributed by atoms with Crippen molar-refractivity contribution in [2.75, 3.05) is 7.11 Å². The van der Waals surface area contributed by atoms with Crippen LogP contribution in [0.2, 0.25) is 0 Å². The SMILES string of the molecule is COc1ccc(Cn2cc(Br)c(=O)[nH]c2=O)c(F)c1. The highest BCUT2D eigenvalue weighted by Gasteiger charge is 2.07. The van der Waals surface area contributed by atoms with E-state index in [0.717, 1.165) is 0 Å². The number of hydrogen-bond acceptors (Lipinski definition) is 3. The Bertz CT molecular complexity index is 724. The second-order valence-corrected chi connectivity index (χ2v) is 4.68. The van der Waals surface area contributed by atoms with E-state index in [4.69, 9.17) is 4.74 Å². The van der Waals surface area contributed by atoms with Crippen molar-refractivity contribution >= 4 is 15.9 Å². The van der Waals surface area contributed by atoms with Crippen molar-refractivity contribution in [1.29, 1.82) is 0 Å². The lowest BCUT2D eigenvalue weighted by Crippen LogP contribution is -2.30. The van der Waals surface area contributed by atoms with Crippen molar-refractivity contribution in [2.45, 2.75) is 6.54 Å². The number of rotatable bonds is 3. The summed E-state index contributed by atoms with van der Waals surface area (Å²) >= 11 is 3.02. The van der Waals surface area contributed by atoms with Crippen molar-refractivity contribution in [3.05, 3.63) is 61.1 Å². The Morgan fingerprint density at radius 3 is 2.79 bits per heavy atom. The highest BCUT2D eigenvalue weighted by atomic mass is 79.9. The normalized spacial score (nSPS) is 10.5. The molecule has 1 heterocycles. The first kappa shape index (κ1) is 13.5. The van der Waals surface area contributed by atoms with Gasteiger partial charge in [-0.05, 0) is 22.0 Å². The molecule has 1 N–H and O–H groups in total. The van der Waals surface area contributed by atoms with Crippen LogP contribution in [0.5, 0.6) is 5.75 Å². The first-order valence-corrected chi connectivity index (χ1v) is 6.12. The minimum Gasteiger partial charge on any atom is -0.497 e. The van der Waals surface area contributed by atoms with Gasteiger partial charge >= 0.3 is 5.69 Å². The highest BCUT2D eigenvalue weighted by Crippen LogP contribution is 2.16. The molecule has 1 aromatic carbocycles. The highest BCUT2D eigenvalue weighted by molar-refractivity contribution is 9.10. The lowest BCUT2D eigenvalue weighted by molar-refractivity contribution is 0.410. The van der Waals surface area contributed by atoms with E-state index in [-0.39, 0.29) is 11.0 Å². The van der Waals surface area contributed by atoms with Crippen LogP contribution in [0.4, 0.5) is 4.39 Å². The number of halogens is 2. The minimum atomic E-state index is -0.594. The van der Waals surface area contributed by atoms with Crippen LogP contribution in [0.25, 0.3) is 0 Å². The molecule has 0 bridgehead atoms. The lowest BCUT2D eigenvalue weighted by atomic mass is 10.2. The Kier molecular flexibility index (Phi) is 3.84. The van der Waals surface area contributed by atoms with Crippen LogP contribution in [-0.4, -0.2) is 16.7 Å². The smallest absolute Gasteiger partial charge is 0.328 e. The molecule has 0 saturated carbocycles. The summed E-state index contributed by atoms with van der Waals surface area (Å²) in [6.45, 7) is 0.0179. The molecule has 2 rings (SSSR count). The molecular formula is C12H10BrFN2O3. The Balaban J connectivity index is 2.39. The first-order chi connectivity index (χ1) is 9.01. The second-order valence-electron chi connectivity index (χ2n) is 3.82. The molecule has 0 aliphatic carbocycles. The molecule has 0 amide bonds. The predicted octanol–water partition coefficient (Wildman–Crippen LogP) is 1.50. The average Bonchev–Trinajstić information content (AvgIpc) is 2.38. The molecule has 1 aromatic heterocycles. The van der Waals surface area contributed by atoms with Gasteiger partial charge in [-0.15, -0.1) is 0 Å². The van der Waals surface area contributed by atoms with Gasteiger partial charge in [0.1, 0.15) is 11.6 Å². The number of benzene rings is 1. The second kappa shape index (κ2) is 5.40. The number of hydrogen-bond donors (Lipinski definition) is 1. The fourth-order valence-electron chi connectivity index (χ4n) is 1.57. The van der Waals surface area contributed by atoms with Crippen LogP contribution < -0.4 is 16.0 Å². The first-order valence-electron chi connectivity index (χ1n) is 5.33. The summed E-state index contributed by atoms with van der Waals surface area (Å²) in [5.74, 6) is -0.0789. The molecule has 0 spiro atoms. The largest absolute Gasteiger partial charge is 0.497 e. The van der Waals surface area contributed by atoms with Gasteiger partial charge in [0.05, 0.1) is 18.1 Å². The lowest BCUT2D eigenvalue weighted by Gasteiger charge is -2.08. The van der Waals surface area contributed by atoms with E-state index in [0.29, 0.717) is 11.3 Å². The van der Waals surface area contributed by atoms with E-state index in [1.54, 1.807) is 6.07 Å². The fourth-order valence-corrected chi connectivity index (χ4v) is 1.91. The van der Waals surface area contributed by atoms with Gasteiger partial charge in [-0.1, -0.05) is 6.07 Å². The van der Waals surface area contributed by atoms with Gasteiger partial charge in [0.2, 0.25) is 0 Å². The van der Waals surface area contributed by atoms with Crippen LogP contribution in [0, 0.1) is 5.82 Å². The Morgan fingerprint density at radius 1 is 1.42 bits per heavy atom. The topological polar surface area (TPSA) is 64.1 Å². The van der Waals surface area contributed by atoms with Crippen molar-refractivity contribution in [3.8, 4) is 5.75 Å². The number of nitrogens with one attached hydrogen (secondary N) is 1. The zero-order valence-corrected chi connectivity index (χ0v) is 11.5. The molecule has 100 valence electrons. The van der Waals surface area contributed by atoms with Crippen LogP contribution in [0.3, 0.4) is 0 Å². The molecule has 0 atom stereocenters. The van der Waals surface area contributed by atoms with Gasteiger partial charge in [-0.2, -0.15) is 0 Å². The average molecular weight is 329 g/mol. The van der Waals surface area contributed by atoms with Crippen LogP contribution in [-0.2, 0) is 6.54 Å². The molecular weight excluding hydrogens is 319 g/mol. The molecule has 0 aliphatic heterocycles. The number of H-pyrrole nitrogens is 1. The number of nitrogens with zero attached hydrogens (tertiary/aromatic N) is 1. The molecule has 0 fully saturated rings. The molecule has 2 aromatic rings. The maximum Gasteiger partial charge on any atom is 0.328 e.